The predicted octanol–water partition coefficient (Wildman–Crippen LogP) is 3.11. The molecule has 0 aliphatic heterocycles. The van der Waals surface area contributed by atoms with Gasteiger partial charge in [-0.3, -0.25) is 4.79 Å². The molecule has 2 aromatic heterocycles. The first-order valence-corrected chi connectivity index (χ1v) is 10.7. The Morgan fingerprint density at radius 3 is 2.55 bits per heavy atom. The van der Waals surface area contributed by atoms with E-state index in [9.17, 15) is 4.79 Å². The summed E-state index contributed by atoms with van der Waals surface area (Å²) in [6, 6.07) is 9.57. The minimum Gasteiger partial charge on any atom is -0.383 e. The fraction of sp³-hybridized carbons (Fsp3) is 0.316. The van der Waals surface area contributed by atoms with E-state index in [1.165, 1.54) is 11.8 Å². The fourth-order valence-corrected chi connectivity index (χ4v) is 3.84. The molecule has 0 fully saturated rings. The maximum atomic E-state index is 12.6. The number of ether oxygens (including phenoxy) is 1. The van der Waals surface area contributed by atoms with Gasteiger partial charge in [0.25, 0.3) is 5.91 Å². The Morgan fingerprint density at radius 1 is 1.21 bits per heavy atom. The molecule has 29 heavy (non-hydrogen) atoms. The SMILES string of the molecule is COCCNC(=O)c1nnn(-c2ccc(Br)cc2)c1CSc1nc(C)cc(C)n1. The molecule has 1 amide bonds. The summed E-state index contributed by atoms with van der Waals surface area (Å²) in [6.45, 7) is 4.68. The number of thioether (sulfide) groups is 1. The highest BCUT2D eigenvalue weighted by molar-refractivity contribution is 9.10. The van der Waals surface area contributed by atoms with Crippen molar-refractivity contribution in [2.75, 3.05) is 20.3 Å². The molecule has 8 nitrogen and oxygen atoms in total. The number of hydrogen-bond donors (Lipinski definition) is 1. The highest BCUT2D eigenvalue weighted by atomic mass is 79.9. The van der Waals surface area contributed by atoms with Crippen molar-refractivity contribution in [2.24, 2.45) is 0 Å². The first-order chi connectivity index (χ1) is 14.0. The van der Waals surface area contributed by atoms with Crippen LogP contribution in [0.2, 0.25) is 0 Å². The standard InChI is InChI=1S/C19H21BrN6O2S/c1-12-10-13(2)23-19(22-12)29-11-16-17(18(27)21-8-9-28-3)24-25-26(16)15-6-4-14(20)5-7-15/h4-7,10H,8-9,11H2,1-3H3,(H,21,27). The van der Waals surface area contributed by atoms with E-state index < -0.39 is 0 Å². The summed E-state index contributed by atoms with van der Waals surface area (Å²) in [5.41, 5.74) is 3.57. The lowest BCUT2D eigenvalue weighted by Gasteiger charge is -2.09. The molecule has 152 valence electrons. The normalized spacial score (nSPS) is 10.9. The Kier molecular flexibility index (Phi) is 7.34. The average molecular weight is 477 g/mol. The van der Waals surface area contributed by atoms with Gasteiger partial charge in [0.1, 0.15) is 0 Å². The molecular formula is C19H21BrN6O2S. The highest BCUT2D eigenvalue weighted by Crippen LogP contribution is 2.24. The number of amides is 1. The Hall–Kier alpha value is -2.30. The van der Waals surface area contributed by atoms with E-state index in [1.807, 2.05) is 44.2 Å². The molecule has 1 N–H and O–H groups in total. The lowest BCUT2D eigenvalue weighted by atomic mass is 10.3. The Balaban J connectivity index is 1.90. The van der Waals surface area contributed by atoms with E-state index >= 15 is 0 Å². The molecule has 0 saturated heterocycles. The zero-order valence-corrected chi connectivity index (χ0v) is 18.7. The maximum absolute atomic E-state index is 12.6. The van der Waals surface area contributed by atoms with Crippen LogP contribution < -0.4 is 5.32 Å². The van der Waals surface area contributed by atoms with Crippen molar-refractivity contribution >= 4 is 33.6 Å². The van der Waals surface area contributed by atoms with E-state index in [4.69, 9.17) is 4.74 Å². The minimum atomic E-state index is -0.289. The fourth-order valence-electron chi connectivity index (χ4n) is 2.64. The number of methoxy groups -OCH3 is 1. The van der Waals surface area contributed by atoms with Crippen molar-refractivity contribution in [3.63, 3.8) is 0 Å². The van der Waals surface area contributed by atoms with Crippen LogP contribution in [-0.4, -0.2) is 51.1 Å². The van der Waals surface area contributed by atoms with Crippen LogP contribution in [-0.2, 0) is 10.5 Å². The van der Waals surface area contributed by atoms with Crippen LogP contribution in [0.3, 0.4) is 0 Å². The molecule has 2 heterocycles. The van der Waals surface area contributed by atoms with Gasteiger partial charge in [0.2, 0.25) is 0 Å². The number of carbonyl (C=O) groups is 1. The summed E-state index contributed by atoms with van der Waals surface area (Å²) in [7, 11) is 1.59. The van der Waals surface area contributed by atoms with Crippen LogP contribution in [0.1, 0.15) is 27.6 Å². The summed E-state index contributed by atoms with van der Waals surface area (Å²) in [5, 5.41) is 11.8. The number of benzene rings is 1. The second-order valence-corrected chi connectivity index (χ2v) is 8.10. The monoisotopic (exact) mass is 476 g/mol. The number of hydrogen-bond acceptors (Lipinski definition) is 7. The number of aromatic nitrogens is 5. The number of carbonyl (C=O) groups excluding carboxylic acids is 1. The van der Waals surface area contributed by atoms with Gasteiger partial charge in [-0.25, -0.2) is 14.6 Å². The maximum Gasteiger partial charge on any atom is 0.273 e. The van der Waals surface area contributed by atoms with E-state index in [2.05, 4.69) is 41.5 Å². The molecule has 0 saturated carbocycles. The first-order valence-electron chi connectivity index (χ1n) is 8.90. The summed E-state index contributed by atoms with van der Waals surface area (Å²) >= 11 is 4.87. The molecule has 0 aliphatic rings. The topological polar surface area (TPSA) is 94.8 Å². The molecule has 10 heteroatoms. The van der Waals surface area contributed by atoms with Crippen LogP contribution in [0.4, 0.5) is 0 Å². The molecule has 3 rings (SSSR count). The lowest BCUT2D eigenvalue weighted by molar-refractivity contribution is 0.0931. The number of rotatable bonds is 8. The minimum absolute atomic E-state index is 0.279. The average Bonchev–Trinajstić information content (AvgIpc) is 3.10. The summed E-state index contributed by atoms with van der Waals surface area (Å²) in [5.74, 6) is 0.154. The van der Waals surface area contributed by atoms with Gasteiger partial charge < -0.3 is 10.1 Å². The van der Waals surface area contributed by atoms with E-state index in [1.54, 1.807) is 11.8 Å². The van der Waals surface area contributed by atoms with Crippen LogP contribution in [0, 0.1) is 13.8 Å². The van der Waals surface area contributed by atoms with Gasteiger partial charge in [-0.2, -0.15) is 0 Å². The third-order valence-electron chi connectivity index (χ3n) is 3.94. The molecule has 1 aromatic carbocycles. The lowest BCUT2D eigenvalue weighted by Crippen LogP contribution is -2.28. The number of halogens is 1. The van der Waals surface area contributed by atoms with Gasteiger partial charge in [0.05, 0.1) is 18.0 Å². The van der Waals surface area contributed by atoms with Gasteiger partial charge in [-0.1, -0.05) is 32.9 Å². The van der Waals surface area contributed by atoms with Gasteiger partial charge in [-0.15, -0.1) is 5.10 Å². The zero-order valence-electron chi connectivity index (χ0n) is 16.3. The van der Waals surface area contributed by atoms with Crippen molar-refractivity contribution in [3.05, 3.63) is 57.6 Å². The molecule has 0 radical (unpaired) electrons. The summed E-state index contributed by atoms with van der Waals surface area (Å²) < 4.78 is 7.62. The first kappa shape index (κ1) is 21.4. The Bertz CT molecular complexity index is 973. The number of nitrogens with one attached hydrogen (secondary N) is 1. The Labute approximate surface area is 181 Å². The third kappa shape index (κ3) is 5.62. The highest BCUT2D eigenvalue weighted by Gasteiger charge is 2.21. The van der Waals surface area contributed by atoms with E-state index in [-0.39, 0.29) is 11.6 Å². The molecule has 0 aliphatic carbocycles. The molecule has 0 spiro atoms. The second kappa shape index (κ2) is 9.95. The van der Waals surface area contributed by atoms with Crippen molar-refractivity contribution < 1.29 is 9.53 Å². The third-order valence-corrected chi connectivity index (χ3v) is 5.33. The second-order valence-electron chi connectivity index (χ2n) is 6.24. The van der Waals surface area contributed by atoms with Gasteiger partial charge in [-0.05, 0) is 44.2 Å². The van der Waals surface area contributed by atoms with Crippen molar-refractivity contribution in [1.82, 2.24) is 30.3 Å². The van der Waals surface area contributed by atoms with Crippen LogP contribution in [0.25, 0.3) is 5.69 Å². The van der Waals surface area contributed by atoms with Gasteiger partial charge in [0, 0.05) is 35.3 Å². The zero-order chi connectivity index (χ0) is 20.8. The molecule has 0 atom stereocenters. The van der Waals surface area contributed by atoms with Gasteiger partial charge >= 0.3 is 0 Å². The number of nitrogens with zero attached hydrogens (tertiary/aromatic N) is 5. The van der Waals surface area contributed by atoms with Crippen molar-refractivity contribution in [3.8, 4) is 5.69 Å². The van der Waals surface area contributed by atoms with E-state index in [0.29, 0.717) is 29.8 Å². The van der Waals surface area contributed by atoms with E-state index in [0.717, 1.165) is 21.5 Å². The number of aryl methyl sites for hydroxylation is 2. The van der Waals surface area contributed by atoms with Gasteiger partial charge in [0.15, 0.2) is 10.9 Å². The van der Waals surface area contributed by atoms with Crippen LogP contribution >= 0.6 is 27.7 Å². The predicted molar refractivity (Wildman–Crippen MR) is 114 cm³/mol. The van der Waals surface area contributed by atoms with Crippen molar-refractivity contribution in [2.45, 2.75) is 24.8 Å². The van der Waals surface area contributed by atoms with Crippen LogP contribution in [0.15, 0.2) is 40.0 Å². The molecule has 0 unspecified atom stereocenters. The summed E-state index contributed by atoms with van der Waals surface area (Å²) in [6.07, 6.45) is 0. The summed E-state index contributed by atoms with van der Waals surface area (Å²) in [4.78, 5) is 21.6. The van der Waals surface area contributed by atoms with Crippen LogP contribution in [0.5, 0.6) is 0 Å². The molecule has 0 bridgehead atoms. The van der Waals surface area contributed by atoms with Crippen molar-refractivity contribution in [1.29, 1.82) is 0 Å². The molecule has 3 aromatic rings. The smallest absolute Gasteiger partial charge is 0.273 e. The quantitative estimate of drug-likeness (QED) is 0.303. The Morgan fingerprint density at radius 2 is 1.90 bits per heavy atom. The molecular weight excluding hydrogens is 456 g/mol. The largest absolute Gasteiger partial charge is 0.383 e.